The Morgan fingerprint density at radius 3 is 2.78 bits per heavy atom. The summed E-state index contributed by atoms with van der Waals surface area (Å²) in [5, 5.41) is 20.1. The summed E-state index contributed by atoms with van der Waals surface area (Å²) in [6.45, 7) is 7.56. The van der Waals surface area contributed by atoms with Crippen LogP contribution in [0.4, 0.5) is 0 Å². The van der Waals surface area contributed by atoms with Crippen molar-refractivity contribution in [3.63, 3.8) is 0 Å². The number of nitrogens with one attached hydrogen (secondary N) is 1. The first-order chi connectivity index (χ1) is 12.9. The molecule has 0 saturated carbocycles. The van der Waals surface area contributed by atoms with Gasteiger partial charge in [-0.25, -0.2) is 0 Å². The first kappa shape index (κ1) is 18.3. The largest absolute Gasteiger partial charge is 0.340 e. The van der Waals surface area contributed by atoms with Crippen LogP contribution in [0.15, 0.2) is 35.0 Å². The van der Waals surface area contributed by atoms with Gasteiger partial charge in [-0.1, -0.05) is 17.3 Å². The summed E-state index contributed by atoms with van der Waals surface area (Å²) in [4.78, 5) is 16.9. The Kier molecular flexibility index (Phi) is 5.03. The Bertz CT molecular complexity index is 1010. The fraction of sp³-hybridized carbons (Fsp3) is 0.316. The van der Waals surface area contributed by atoms with E-state index in [1.165, 1.54) is 0 Å². The highest BCUT2D eigenvalue weighted by atomic mass is 16.5. The van der Waals surface area contributed by atoms with Crippen molar-refractivity contribution in [3.05, 3.63) is 53.2 Å². The van der Waals surface area contributed by atoms with E-state index in [4.69, 9.17) is 9.78 Å². The predicted octanol–water partition coefficient (Wildman–Crippen LogP) is 3.19. The summed E-state index contributed by atoms with van der Waals surface area (Å²) in [7, 11) is 0. The summed E-state index contributed by atoms with van der Waals surface area (Å²) >= 11 is 0. The van der Waals surface area contributed by atoms with Gasteiger partial charge < -0.3 is 9.84 Å². The van der Waals surface area contributed by atoms with Crippen LogP contribution in [0, 0.1) is 18.3 Å². The van der Waals surface area contributed by atoms with Gasteiger partial charge in [0.15, 0.2) is 0 Å². The minimum Gasteiger partial charge on any atom is -0.340 e. The van der Waals surface area contributed by atoms with Crippen molar-refractivity contribution in [2.24, 2.45) is 0 Å². The normalized spacial score (nSPS) is 12.0. The van der Waals surface area contributed by atoms with Gasteiger partial charge in [0.1, 0.15) is 6.04 Å². The SMILES string of the molecule is Cc1nn(C(C)C)cc1C(=O)N[C@@H](C)c1nc(-c2cccc(C#N)c2)no1. The maximum absolute atomic E-state index is 12.6. The third-order valence-electron chi connectivity index (χ3n) is 4.10. The molecule has 8 heteroatoms. The predicted molar refractivity (Wildman–Crippen MR) is 97.7 cm³/mol. The first-order valence-corrected chi connectivity index (χ1v) is 8.59. The Labute approximate surface area is 156 Å². The molecule has 0 fully saturated rings. The van der Waals surface area contributed by atoms with Crippen LogP contribution in [0.25, 0.3) is 11.4 Å². The molecule has 1 aromatic carbocycles. The van der Waals surface area contributed by atoms with Crippen molar-refractivity contribution in [2.45, 2.75) is 39.8 Å². The zero-order valence-corrected chi connectivity index (χ0v) is 15.6. The Morgan fingerprint density at radius 1 is 1.33 bits per heavy atom. The highest BCUT2D eigenvalue weighted by Gasteiger charge is 2.21. The van der Waals surface area contributed by atoms with Gasteiger partial charge in [-0.05, 0) is 39.8 Å². The molecule has 2 aromatic heterocycles. The lowest BCUT2D eigenvalue weighted by molar-refractivity contribution is 0.0932. The number of aromatic nitrogens is 4. The van der Waals surface area contributed by atoms with Crippen LogP contribution in [0.2, 0.25) is 0 Å². The maximum atomic E-state index is 12.6. The van der Waals surface area contributed by atoms with Gasteiger partial charge in [0, 0.05) is 17.8 Å². The number of carbonyl (C=O) groups is 1. The fourth-order valence-corrected chi connectivity index (χ4v) is 2.56. The number of hydrogen-bond acceptors (Lipinski definition) is 6. The van der Waals surface area contributed by atoms with E-state index in [1.54, 1.807) is 49.0 Å². The molecule has 0 aliphatic rings. The average Bonchev–Trinajstić information content (AvgIpc) is 3.29. The van der Waals surface area contributed by atoms with Crippen LogP contribution in [0.1, 0.15) is 60.4 Å². The molecule has 0 aliphatic heterocycles. The number of benzene rings is 1. The molecular formula is C19H20N6O2. The van der Waals surface area contributed by atoms with Gasteiger partial charge in [0.05, 0.1) is 22.9 Å². The van der Waals surface area contributed by atoms with E-state index in [1.807, 2.05) is 13.8 Å². The van der Waals surface area contributed by atoms with Crippen LogP contribution in [0.5, 0.6) is 0 Å². The third kappa shape index (κ3) is 3.87. The quantitative estimate of drug-likeness (QED) is 0.744. The smallest absolute Gasteiger partial charge is 0.255 e. The monoisotopic (exact) mass is 364 g/mol. The summed E-state index contributed by atoms with van der Waals surface area (Å²) in [6, 6.07) is 8.71. The fourth-order valence-electron chi connectivity index (χ4n) is 2.56. The average molecular weight is 364 g/mol. The molecule has 138 valence electrons. The highest BCUT2D eigenvalue weighted by Crippen LogP contribution is 2.20. The molecule has 1 amide bonds. The molecule has 3 aromatic rings. The van der Waals surface area contributed by atoms with E-state index >= 15 is 0 Å². The van der Waals surface area contributed by atoms with Gasteiger partial charge >= 0.3 is 0 Å². The summed E-state index contributed by atoms with van der Waals surface area (Å²) < 4.78 is 7.04. The second-order valence-corrected chi connectivity index (χ2v) is 6.55. The number of nitrogens with zero attached hydrogens (tertiary/aromatic N) is 5. The van der Waals surface area contributed by atoms with Gasteiger partial charge in [0.25, 0.3) is 5.91 Å². The van der Waals surface area contributed by atoms with Gasteiger partial charge in [-0.15, -0.1) is 0 Å². The number of amides is 1. The summed E-state index contributed by atoms with van der Waals surface area (Å²) in [5.74, 6) is 0.403. The van der Waals surface area contributed by atoms with Crippen LogP contribution < -0.4 is 5.32 Å². The second-order valence-electron chi connectivity index (χ2n) is 6.55. The summed E-state index contributed by atoms with van der Waals surface area (Å²) in [5.41, 5.74) is 2.36. The Morgan fingerprint density at radius 2 is 2.11 bits per heavy atom. The number of rotatable bonds is 5. The van der Waals surface area contributed by atoms with Crippen LogP contribution >= 0.6 is 0 Å². The minimum absolute atomic E-state index is 0.172. The van der Waals surface area contributed by atoms with Crippen molar-refractivity contribution < 1.29 is 9.32 Å². The van der Waals surface area contributed by atoms with Gasteiger partial charge in [-0.2, -0.15) is 15.3 Å². The molecule has 0 unspecified atom stereocenters. The molecule has 1 N–H and O–H groups in total. The highest BCUT2D eigenvalue weighted by molar-refractivity contribution is 5.95. The molecule has 8 nitrogen and oxygen atoms in total. The van der Waals surface area contributed by atoms with E-state index in [-0.39, 0.29) is 17.8 Å². The molecule has 1 atom stereocenters. The van der Waals surface area contributed by atoms with Crippen molar-refractivity contribution in [2.75, 3.05) is 0 Å². The number of nitriles is 1. The molecular weight excluding hydrogens is 344 g/mol. The molecule has 2 heterocycles. The zero-order chi connectivity index (χ0) is 19.6. The molecule has 0 bridgehead atoms. The Hall–Kier alpha value is -3.47. The first-order valence-electron chi connectivity index (χ1n) is 8.59. The van der Waals surface area contributed by atoms with Crippen molar-refractivity contribution in [1.82, 2.24) is 25.2 Å². The van der Waals surface area contributed by atoms with Crippen molar-refractivity contribution in [1.29, 1.82) is 5.26 Å². The standard InChI is InChI=1S/C19H20N6O2/c1-11(2)25-10-16(12(3)23-25)18(26)21-13(4)19-22-17(24-27-19)15-7-5-6-14(8-15)9-20/h5-8,10-11,13H,1-4H3,(H,21,26)/t13-/m0/s1. The lowest BCUT2D eigenvalue weighted by atomic mass is 10.1. The summed E-state index contributed by atoms with van der Waals surface area (Å²) in [6.07, 6.45) is 1.73. The van der Waals surface area contributed by atoms with Crippen LogP contribution in [-0.4, -0.2) is 25.8 Å². The molecule has 3 rings (SSSR count). The second kappa shape index (κ2) is 7.41. The maximum Gasteiger partial charge on any atom is 0.255 e. The van der Waals surface area contributed by atoms with E-state index in [0.717, 1.165) is 0 Å². The third-order valence-corrected chi connectivity index (χ3v) is 4.10. The van der Waals surface area contributed by atoms with E-state index < -0.39 is 6.04 Å². The molecule has 0 saturated heterocycles. The molecule has 27 heavy (non-hydrogen) atoms. The van der Waals surface area contributed by atoms with Crippen LogP contribution in [0.3, 0.4) is 0 Å². The number of carbonyl (C=O) groups excluding carboxylic acids is 1. The van der Waals surface area contributed by atoms with Gasteiger partial charge in [0.2, 0.25) is 11.7 Å². The lowest BCUT2D eigenvalue weighted by Gasteiger charge is -2.08. The van der Waals surface area contributed by atoms with E-state index in [0.29, 0.717) is 28.2 Å². The van der Waals surface area contributed by atoms with Crippen molar-refractivity contribution in [3.8, 4) is 17.5 Å². The lowest BCUT2D eigenvalue weighted by Crippen LogP contribution is -2.27. The zero-order valence-electron chi connectivity index (χ0n) is 15.6. The van der Waals surface area contributed by atoms with Crippen LogP contribution in [-0.2, 0) is 0 Å². The minimum atomic E-state index is -0.473. The molecule has 0 aliphatic carbocycles. The molecule has 0 radical (unpaired) electrons. The van der Waals surface area contributed by atoms with E-state index in [9.17, 15) is 4.79 Å². The topological polar surface area (TPSA) is 110 Å². The molecule has 0 spiro atoms. The Balaban J connectivity index is 1.75. The van der Waals surface area contributed by atoms with E-state index in [2.05, 4.69) is 26.6 Å². The number of hydrogen-bond donors (Lipinski definition) is 1. The van der Waals surface area contributed by atoms with Gasteiger partial charge in [-0.3, -0.25) is 9.48 Å². The number of aryl methyl sites for hydroxylation is 1. The van der Waals surface area contributed by atoms with Crippen molar-refractivity contribution >= 4 is 5.91 Å².